The number of thioether (sulfide) groups is 1. The molecule has 1 aromatic carbocycles. The van der Waals surface area contributed by atoms with E-state index in [9.17, 15) is 0 Å². The van der Waals surface area contributed by atoms with E-state index in [0.717, 1.165) is 33.6 Å². The second kappa shape index (κ2) is 7.89. The van der Waals surface area contributed by atoms with Gasteiger partial charge in [0, 0.05) is 36.1 Å². The van der Waals surface area contributed by atoms with Crippen LogP contribution in [0.5, 0.6) is 0 Å². The van der Waals surface area contributed by atoms with Gasteiger partial charge in [-0.15, -0.1) is 10.2 Å². The Bertz CT molecular complexity index is 1200. The normalized spacial score (nSPS) is 11.2. The molecule has 142 valence electrons. The second-order valence-electron chi connectivity index (χ2n) is 6.61. The van der Waals surface area contributed by atoms with Crippen LogP contribution in [0, 0.1) is 0 Å². The molecule has 0 radical (unpaired) electrons. The van der Waals surface area contributed by atoms with Gasteiger partial charge in [-0.25, -0.2) is 4.98 Å². The van der Waals surface area contributed by atoms with Crippen molar-refractivity contribution in [2.45, 2.75) is 17.5 Å². The number of hydrogen-bond donors (Lipinski definition) is 0. The summed E-state index contributed by atoms with van der Waals surface area (Å²) in [7, 11) is 0. The topological polar surface area (TPSA) is 60.9 Å². The number of hydrogen-bond acceptors (Lipinski definition) is 5. The molecule has 4 aromatic heterocycles. The van der Waals surface area contributed by atoms with Crippen LogP contribution in [-0.4, -0.2) is 29.1 Å². The summed E-state index contributed by atoms with van der Waals surface area (Å²) in [5.74, 6) is 1.54. The molecule has 4 heterocycles. The fourth-order valence-electron chi connectivity index (χ4n) is 3.21. The van der Waals surface area contributed by atoms with Crippen molar-refractivity contribution in [1.82, 2.24) is 29.1 Å². The second-order valence-corrected chi connectivity index (χ2v) is 7.55. The summed E-state index contributed by atoms with van der Waals surface area (Å²) in [5.41, 5.74) is 4.12. The van der Waals surface area contributed by atoms with E-state index in [1.54, 1.807) is 18.0 Å². The Balaban J connectivity index is 1.46. The highest BCUT2D eigenvalue weighted by molar-refractivity contribution is 7.98. The molecule has 6 nitrogen and oxygen atoms in total. The molecule has 0 spiro atoms. The largest absolute Gasteiger partial charge is 0.307 e. The number of rotatable bonds is 6. The number of benzene rings is 1. The minimum Gasteiger partial charge on any atom is -0.307 e. The summed E-state index contributed by atoms with van der Waals surface area (Å²) in [6.07, 6.45) is 7.65. The Morgan fingerprint density at radius 1 is 0.897 bits per heavy atom. The highest BCUT2D eigenvalue weighted by Gasteiger charge is 2.15. The molecule has 0 amide bonds. The van der Waals surface area contributed by atoms with E-state index in [1.165, 1.54) is 5.56 Å². The van der Waals surface area contributed by atoms with Gasteiger partial charge in [-0.05, 0) is 29.8 Å². The summed E-state index contributed by atoms with van der Waals surface area (Å²) in [4.78, 5) is 8.92. The van der Waals surface area contributed by atoms with Gasteiger partial charge >= 0.3 is 0 Å². The number of aromatic nitrogens is 6. The van der Waals surface area contributed by atoms with E-state index >= 15 is 0 Å². The zero-order valence-electron chi connectivity index (χ0n) is 15.6. The van der Waals surface area contributed by atoms with Crippen molar-refractivity contribution in [3.05, 3.63) is 96.7 Å². The molecular formula is C22H18N6S. The molecule has 0 saturated carbocycles. The molecular weight excluding hydrogens is 380 g/mol. The lowest BCUT2D eigenvalue weighted by Crippen LogP contribution is -2.04. The highest BCUT2D eigenvalue weighted by atomic mass is 32.2. The zero-order valence-corrected chi connectivity index (χ0v) is 16.4. The molecule has 0 bridgehead atoms. The minimum atomic E-state index is 0.700. The van der Waals surface area contributed by atoms with Gasteiger partial charge in [0.25, 0.3) is 0 Å². The van der Waals surface area contributed by atoms with Crippen molar-refractivity contribution < 1.29 is 0 Å². The van der Waals surface area contributed by atoms with E-state index in [4.69, 9.17) is 0 Å². The van der Waals surface area contributed by atoms with Crippen LogP contribution in [0.15, 0.2) is 90.6 Å². The average Bonchev–Trinajstić information content (AvgIpc) is 3.37. The molecule has 0 atom stereocenters. The standard InChI is InChI=1S/C22H18N6S/c1-2-7-17(8-3-1)14-28-21(18-9-6-11-23-13-18)25-26-22(28)29-16-19-15-27-12-5-4-10-20(27)24-19/h1-13,15H,14,16H2. The predicted octanol–water partition coefficient (Wildman–Crippen LogP) is 4.33. The van der Waals surface area contributed by atoms with Crippen molar-refractivity contribution in [3.63, 3.8) is 0 Å². The maximum absolute atomic E-state index is 4.68. The van der Waals surface area contributed by atoms with Gasteiger partial charge in [0.05, 0.1) is 12.2 Å². The molecule has 5 aromatic rings. The quantitative estimate of drug-likeness (QED) is 0.399. The maximum Gasteiger partial charge on any atom is 0.192 e. The maximum atomic E-state index is 4.68. The first kappa shape index (κ1) is 17.6. The van der Waals surface area contributed by atoms with E-state index in [0.29, 0.717) is 6.54 Å². The number of pyridine rings is 2. The summed E-state index contributed by atoms with van der Waals surface area (Å²) in [5, 5.41) is 9.80. The van der Waals surface area contributed by atoms with Crippen molar-refractivity contribution in [3.8, 4) is 11.4 Å². The van der Waals surface area contributed by atoms with Crippen LogP contribution in [0.1, 0.15) is 11.3 Å². The SMILES string of the molecule is c1ccc(Cn2c(SCc3cn4ccccc4n3)nnc2-c2cccnc2)cc1. The van der Waals surface area contributed by atoms with Crippen molar-refractivity contribution in [1.29, 1.82) is 0 Å². The van der Waals surface area contributed by atoms with Crippen LogP contribution in [0.3, 0.4) is 0 Å². The van der Waals surface area contributed by atoms with E-state index < -0.39 is 0 Å². The Kier molecular flexibility index (Phi) is 4.80. The van der Waals surface area contributed by atoms with Crippen LogP contribution < -0.4 is 0 Å². The third-order valence-electron chi connectivity index (χ3n) is 4.58. The first-order chi connectivity index (χ1) is 14.4. The predicted molar refractivity (Wildman–Crippen MR) is 114 cm³/mol. The highest BCUT2D eigenvalue weighted by Crippen LogP contribution is 2.27. The molecule has 0 aliphatic carbocycles. The average molecular weight is 398 g/mol. The number of nitrogens with zero attached hydrogens (tertiary/aromatic N) is 6. The van der Waals surface area contributed by atoms with Crippen molar-refractivity contribution in [2.24, 2.45) is 0 Å². The fourth-order valence-corrected chi connectivity index (χ4v) is 4.03. The van der Waals surface area contributed by atoms with E-state index in [2.05, 4.69) is 43.1 Å². The van der Waals surface area contributed by atoms with Gasteiger partial charge in [0.2, 0.25) is 0 Å². The van der Waals surface area contributed by atoms with E-state index in [-0.39, 0.29) is 0 Å². The van der Waals surface area contributed by atoms with E-state index in [1.807, 2.05) is 65.3 Å². The monoisotopic (exact) mass is 398 g/mol. The van der Waals surface area contributed by atoms with Crippen molar-refractivity contribution in [2.75, 3.05) is 0 Å². The first-order valence-corrected chi connectivity index (χ1v) is 10.3. The Morgan fingerprint density at radius 3 is 2.62 bits per heavy atom. The molecule has 0 aliphatic rings. The Labute approximate surface area is 172 Å². The summed E-state index contributed by atoms with van der Waals surface area (Å²) in [6.45, 7) is 0.700. The summed E-state index contributed by atoms with van der Waals surface area (Å²) >= 11 is 1.64. The number of fused-ring (bicyclic) bond motifs is 1. The summed E-state index contributed by atoms with van der Waals surface area (Å²) in [6, 6.07) is 20.3. The molecule has 29 heavy (non-hydrogen) atoms. The van der Waals surface area contributed by atoms with Gasteiger partial charge < -0.3 is 4.40 Å². The fraction of sp³-hybridized carbons (Fsp3) is 0.0909. The Hall–Kier alpha value is -3.45. The van der Waals surface area contributed by atoms with Crippen molar-refractivity contribution >= 4 is 17.4 Å². The molecule has 5 rings (SSSR count). The molecule has 0 N–H and O–H groups in total. The lowest BCUT2D eigenvalue weighted by atomic mass is 10.2. The number of imidazole rings is 1. The molecule has 7 heteroatoms. The van der Waals surface area contributed by atoms with Crippen LogP contribution in [0.2, 0.25) is 0 Å². The molecule has 0 unspecified atom stereocenters. The third-order valence-corrected chi connectivity index (χ3v) is 5.58. The molecule has 0 saturated heterocycles. The molecule has 0 fully saturated rings. The Morgan fingerprint density at radius 2 is 1.79 bits per heavy atom. The van der Waals surface area contributed by atoms with Gasteiger partial charge in [-0.1, -0.05) is 48.2 Å². The summed E-state index contributed by atoms with van der Waals surface area (Å²) < 4.78 is 4.18. The minimum absolute atomic E-state index is 0.700. The van der Waals surface area contributed by atoms with Crippen LogP contribution in [0.4, 0.5) is 0 Å². The molecule has 0 aliphatic heterocycles. The zero-order chi connectivity index (χ0) is 19.5. The van der Waals surface area contributed by atoms with Gasteiger partial charge in [0.1, 0.15) is 5.65 Å². The van der Waals surface area contributed by atoms with Crippen LogP contribution in [-0.2, 0) is 12.3 Å². The van der Waals surface area contributed by atoms with Crippen LogP contribution in [0.25, 0.3) is 17.0 Å². The first-order valence-electron chi connectivity index (χ1n) is 9.30. The lowest BCUT2D eigenvalue weighted by Gasteiger charge is -2.10. The van der Waals surface area contributed by atoms with Gasteiger partial charge in [-0.2, -0.15) is 0 Å². The lowest BCUT2D eigenvalue weighted by molar-refractivity contribution is 0.714. The third kappa shape index (κ3) is 3.77. The van der Waals surface area contributed by atoms with Gasteiger partial charge in [0.15, 0.2) is 11.0 Å². The van der Waals surface area contributed by atoms with Crippen LogP contribution >= 0.6 is 11.8 Å². The smallest absolute Gasteiger partial charge is 0.192 e. The van der Waals surface area contributed by atoms with Gasteiger partial charge in [-0.3, -0.25) is 9.55 Å².